The van der Waals surface area contributed by atoms with Crippen molar-refractivity contribution in [3.05, 3.63) is 140 Å². The molecule has 1 aromatic heterocycles. The molecule has 186 valence electrons. The number of nitro groups is 1. The van der Waals surface area contributed by atoms with Gasteiger partial charge in [0.2, 0.25) is 0 Å². The van der Waals surface area contributed by atoms with E-state index in [1.165, 1.54) is 12.1 Å². The van der Waals surface area contributed by atoms with Crippen LogP contribution in [0.2, 0.25) is 5.02 Å². The summed E-state index contributed by atoms with van der Waals surface area (Å²) in [7, 11) is 0. The van der Waals surface area contributed by atoms with Gasteiger partial charge >= 0.3 is 0 Å². The number of hydrogen-bond donors (Lipinski definition) is 1. The third-order valence-electron chi connectivity index (χ3n) is 6.75. The van der Waals surface area contributed by atoms with Crippen molar-refractivity contribution in [1.29, 1.82) is 0 Å². The first-order valence-electron chi connectivity index (χ1n) is 12.1. The molecule has 8 heteroatoms. The zero-order chi connectivity index (χ0) is 26.2. The maximum absolute atomic E-state index is 13.7. The average molecular weight is 521 g/mol. The SMILES string of the molecule is O=c1[nH]c2ccc([N+](=O)[O-])cc2c(-c2ccccc2)c1C1=NN(c2ccccc2)C(c2ccc(Cl)cc2)C1. The Morgan fingerprint density at radius 2 is 1.58 bits per heavy atom. The Kier molecular flexibility index (Phi) is 5.98. The van der Waals surface area contributed by atoms with Crippen LogP contribution in [0.4, 0.5) is 11.4 Å². The molecule has 0 fully saturated rings. The molecular formula is C30H21ClN4O3. The van der Waals surface area contributed by atoms with Crippen LogP contribution in [0, 0.1) is 10.1 Å². The Balaban J connectivity index is 1.60. The van der Waals surface area contributed by atoms with E-state index < -0.39 is 4.92 Å². The fourth-order valence-electron chi connectivity index (χ4n) is 5.00. The lowest BCUT2D eigenvalue weighted by molar-refractivity contribution is -0.384. The fourth-order valence-corrected chi connectivity index (χ4v) is 5.13. The highest BCUT2D eigenvalue weighted by molar-refractivity contribution is 6.30. The molecule has 4 aromatic carbocycles. The molecule has 1 N–H and O–H groups in total. The lowest BCUT2D eigenvalue weighted by Crippen LogP contribution is -2.20. The molecule has 38 heavy (non-hydrogen) atoms. The number of nitro benzene ring substituents is 1. The second kappa shape index (κ2) is 9.61. The maximum atomic E-state index is 13.7. The molecule has 0 radical (unpaired) electrons. The van der Waals surface area contributed by atoms with Crippen molar-refractivity contribution < 1.29 is 4.92 Å². The first-order chi connectivity index (χ1) is 18.5. The van der Waals surface area contributed by atoms with Gasteiger partial charge in [0, 0.05) is 40.0 Å². The topological polar surface area (TPSA) is 91.6 Å². The number of halogens is 1. The Morgan fingerprint density at radius 3 is 2.26 bits per heavy atom. The smallest absolute Gasteiger partial charge is 0.270 e. The molecule has 0 bridgehead atoms. The van der Waals surface area contributed by atoms with E-state index >= 15 is 0 Å². The summed E-state index contributed by atoms with van der Waals surface area (Å²) in [5, 5.41) is 19.7. The van der Waals surface area contributed by atoms with Gasteiger partial charge in [-0.2, -0.15) is 5.10 Å². The number of anilines is 1. The molecule has 5 aromatic rings. The number of aromatic amines is 1. The molecule has 1 unspecified atom stereocenters. The molecule has 1 atom stereocenters. The first kappa shape index (κ1) is 23.6. The first-order valence-corrected chi connectivity index (χ1v) is 12.4. The monoisotopic (exact) mass is 520 g/mol. The van der Waals surface area contributed by atoms with Gasteiger partial charge in [0.05, 0.1) is 27.9 Å². The highest BCUT2D eigenvalue weighted by Gasteiger charge is 2.33. The number of fused-ring (bicyclic) bond motifs is 1. The molecule has 0 spiro atoms. The van der Waals surface area contributed by atoms with Crippen molar-refractivity contribution in [1.82, 2.24) is 4.98 Å². The number of hydrogen-bond acceptors (Lipinski definition) is 5. The zero-order valence-corrected chi connectivity index (χ0v) is 20.8. The summed E-state index contributed by atoms with van der Waals surface area (Å²) in [4.78, 5) is 27.8. The van der Waals surface area contributed by atoms with Crippen LogP contribution < -0.4 is 10.6 Å². The van der Waals surface area contributed by atoms with Gasteiger partial charge in [0.25, 0.3) is 11.2 Å². The number of para-hydroxylation sites is 1. The van der Waals surface area contributed by atoms with Crippen LogP contribution in [0.3, 0.4) is 0 Å². The standard InChI is InChI=1S/C30H21ClN4O3/c31-21-13-11-19(12-14-21)27-18-26(33-34(27)22-9-5-2-6-10-22)29-28(20-7-3-1-4-8-20)24-17-23(35(37)38)15-16-25(24)32-30(29)36/h1-17,27H,18H2,(H,32,36). The minimum Gasteiger partial charge on any atom is -0.321 e. The molecule has 1 aliphatic rings. The molecule has 0 saturated heterocycles. The van der Waals surface area contributed by atoms with Gasteiger partial charge in [-0.05, 0) is 41.5 Å². The number of H-pyrrole nitrogens is 1. The number of hydrazone groups is 1. The predicted octanol–water partition coefficient (Wildman–Crippen LogP) is 7.11. The largest absolute Gasteiger partial charge is 0.321 e. The number of pyridine rings is 1. The van der Waals surface area contributed by atoms with Gasteiger partial charge in [-0.15, -0.1) is 0 Å². The van der Waals surface area contributed by atoms with Crippen LogP contribution in [-0.4, -0.2) is 15.6 Å². The number of rotatable bonds is 5. The third kappa shape index (κ3) is 4.23. The molecule has 0 saturated carbocycles. The summed E-state index contributed by atoms with van der Waals surface area (Å²) in [6, 6.07) is 31.2. The van der Waals surface area contributed by atoms with Gasteiger partial charge in [0.1, 0.15) is 0 Å². The van der Waals surface area contributed by atoms with Crippen LogP contribution in [0.1, 0.15) is 23.6 Å². The summed E-state index contributed by atoms with van der Waals surface area (Å²) < 4.78 is 0. The van der Waals surface area contributed by atoms with Crippen molar-refractivity contribution in [2.75, 3.05) is 5.01 Å². The van der Waals surface area contributed by atoms with E-state index in [0.717, 1.165) is 16.8 Å². The Labute approximate surface area is 222 Å². The third-order valence-corrected chi connectivity index (χ3v) is 7.00. The van der Waals surface area contributed by atoms with E-state index in [2.05, 4.69) is 4.98 Å². The van der Waals surface area contributed by atoms with E-state index in [1.807, 2.05) is 89.9 Å². The number of aromatic nitrogens is 1. The summed E-state index contributed by atoms with van der Waals surface area (Å²) in [5.41, 5.74) is 4.47. The summed E-state index contributed by atoms with van der Waals surface area (Å²) in [6.07, 6.45) is 0.458. The lowest BCUT2D eigenvalue weighted by Gasteiger charge is -2.24. The quantitative estimate of drug-likeness (QED) is 0.197. The van der Waals surface area contributed by atoms with E-state index in [0.29, 0.717) is 39.2 Å². The minimum atomic E-state index is -0.431. The molecule has 7 nitrogen and oxygen atoms in total. The molecule has 0 amide bonds. The normalized spacial score (nSPS) is 15.0. The predicted molar refractivity (Wildman–Crippen MR) is 151 cm³/mol. The second-order valence-electron chi connectivity index (χ2n) is 9.06. The number of nitrogens with zero attached hydrogens (tertiary/aromatic N) is 3. The number of benzene rings is 4. The highest BCUT2D eigenvalue weighted by atomic mass is 35.5. The summed E-state index contributed by atoms with van der Waals surface area (Å²) >= 11 is 6.16. The van der Waals surface area contributed by atoms with Crippen LogP contribution in [-0.2, 0) is 0 Å². The molecule has 1 aliphatic heterocycles. The van der Waals surface area contributed by atoms with Crippen molar-refractivity contribution >= 4 is 39.6 Å². The van der Waals surface area contributed by atoms with Crippen molar-refractivity contribution in [2.45, 2.75) is 12.5 Å². The number of nitrogens with one attached hydrogen (secondary N) is 1. The Hall–Kier alpha value is -4.75. The van der Waals surface area contributed by atoms with E-state index in [1.54, 1.807) is 6.07 Å². The second-order valence-corrected chi connectivity index (χ2v) is 9.49. The van der Waals surface area contributed by atoms with E-state index in [4.69, 9.17) is 16.7 Å². The highest BCUT2D eigenvalue weighted by Crippen LogP contribution is 2.39. The van der Waals surface area contributed by atoms with Crippen molar-refractivity contribution in [3.63, 3.8) is 0 Å². The van der Waals surface area contributed by atoms with Gasteiger partial charge in [0.15, 0.2) is 0 Å². The van der Waals surface area contributed by atoms with Crippen LogP contribution in [0.25, 0.3) is 22.0 Å². The molecule has 0 aliphatic carbocycles. The van der Waals surface area contributed by atoms with E-state index in [9.17, 15) is 14.9 Å². The fraction of sp³-hybridized carbons (Fsp3) is 0.0667. The van der Waals surface area contributed by atoms with Gasteiger partial charge in [-0.25, -0.2) is 0 Å². The summed E-state index contributed by atoms with van der Waals surface area (Å²) in [6.45, 7) is 0. The number of non-ortho nitro benzene ring substituents is 1. The summed E-state index contributed by atoms with van der Waals surface area (Å²) in [5.74, 6) is 0. The zero-order valence-electron chi connectivity index (χ0n) is 20.0. The van der Waals surface area contributed by atoms with Crippen LogP contribution >= 0.6 is 11.6 Å². The average Bonchev–Trinajstić information content (AvgIpc) is 3.38. The van der Waals surface area contributed by atoms with Gasteiger partial charge < -0.3 is 4.98 Å². The minimum absolute atomic E-state index is 0.0500. The van der Waals surface area contributed by atoms with Crippen LogP contribution in [0.15, 0.2) is 113 Å². The Bertz CT molecular complexity index is 1750. The van der Waals surface area contributed by atoms with Gasteiger partial charge in [-0.3, -0.25) is 19.9 Å². The van der Waals surface area contributed by atoms with Crippen molar-refractivity contribution in [2.24, 2.45) is 5.10 Å². The molecule has 2 heterocycles. The lowest BCUT2D eigenvalue weighted by atomic mass is 9.91. The van der Waals surface area contributed by atoms with Crippen LogP contribution in [0.5, 0.6) is 0 Å². The van der Waals surface area contributed by atoms with E-state index in [-0.39, 0.29) is 17.3 Å². The molecular weight excluding hydrogens is 500 g/mol. The van der Waals surface area contributed by atoms with Gasteiger partial charge in [-0.1, -0.05) is 72.3 Å². The Morgan fingerprint density at radius 1 is 0.895 bits per heavy atom. The van der Waals surface area contributed by atoms with Crippen molar-refractivity contribution in [3.8, 4) is 11.1 Å². The maximum Gasteiger partial charge on any atom is 0.270 e. The molecule has 6 rings (SSSR count).